The maximum atomic E-state index is 11.5. The Labute approximate surface area is 114 Å². The first-order chi connectivity index (χ1) is 8.97. The molecule has 3 N–H and O–H groups in total. The molecule has 1 aromatic heterocycles. The first-order valence-corrected chi connectivity index (χ1v) is 6.08. The van der Waals surface area contributed by atoms with Crippen molar-refractivity contribution in [3.8, 4) is 0 Å². The minimum atomic E-state index is -0.876. The standard InChI is InChI=1S/C13H13ClN2O3/c1-7(17)19-13(18)11(15)4-8-6-16-12-5-9(14)2-3-10(8)12/h2-3,5-6,11,16H,4,15H2,1H3. The predicted octanol–water partition coefficient (Wildman–Crippen LogP) is 1.78. The number of carbonyl (C=O) groups excluding carboxylic acids is 2. The zero-order valence-corrected chi connectivity index (χ0v) is 11.0. The number of aromatic nitrogens is 1. The van der Waals surface area contributed by atoms with Gasteiger partial charge in [-0.2, -0.15) is 0 Å². The SMILES string of the molecule is CC(=O)OC(=O)C(N)Cc1c[nH]c2cc(Cl)ccc12. The van der Waals surface area contributed by atoms with Crippen LogP contribution in [0.1, 0.15) is 12.5 Å². The first-order valence-electron chi connectivity index (χ1n) is 5.70. The van der Waals surface area contributed by atoms with E-state index in [0.717, 1.165) is 23.4 Å². The van der Waals surface area contributed by atoms with Crippen LogP contribution in [-0.4, -0.2) is 23.0 Å². The van der Waals surface area contributed by atoms with Gasteiger partial charge in [0.25, 0.3) is 0 Å². The Balaban J connectivity index is 2.17. The number of fused-ring (bicyclic) bond motifs is 1. The smallest absolute Gasteiger partial charge is 0.330 e. The molecule has 100 valence electrons. The molecule has 0 spiro atoms. The van der Waals surface area contributed by atoms with Crippen molar-refractivity contribution in [1.29, 1.82) is 0 Å². The fourth-order valence-electron chi connectivity index (χ4n) is 1.87. The lowest BCUT2D eigenvalue weighted by molar-refractivity contribution is -0.159. The summed E-state index contributed by atoms with van der Waals surface area (Å²) in [5, 5.41) is 1.57. The van der Waals surface area contributed by atoms with E-state index in [9.17, 15) is 9.59 Å². The van der Waals surface area contributed by atoms with Crippen molar-refractivity contribution in [2.75, 3.05) is 0 Å². The van der Waals surface area contributed by atoms with Crippen molar-refractivity contribution in [3.05, 3.63) is 35.0 Å². The van der Waals surface area contributed by atoms with E-state index in [4.69, 9.17) is 17.3 Å². The molecule has 0 aliphatic carbocycles. The van der Waals surface area contributed by atoms with Gasteiger partial charge in [-0.1, -0.05) is 17.7 Å². The largest absolute Gasteiger partial charge is 0.392 e. The van der Waals surface area contributed by atoms with Crippen molar-refractivity contribution in [1.82, 2.24) is 4.98 Å². The Bertz CT molecular complexity index is 636. The molecule has 1 heterocycles. The maximum Gasteiger partial charge on any atom is 0.330 e. The number of benzene rings is 1. The van der Waals surface area contributed by atoms with E-state index in [1.807, 2.05) is 6.07 Å². The molecule has 0 aliphatic rings. The van der Waals surface area contributed by atoms with Crippen LogP contribution in [0.5, 0.6) is 0 Å². The minimum Gasteiger partial charge on any atom is -0.392 e. The zero-order chi connectivity index (χ0) is 14.0. The third kappa shape index (κ3) is 3.13. The van der Waals surface area contributed by atoms with E-state index >= 15 is 0 Å². The van der Waals surface area contributed by atoms with Crippen LogP contribution < -0.4 is 5.73 Å². The number of halogens is 1. The van der Waals surface area contributed by atoms with E-state index in [1.54, 1.807) is 18.3 Å². The summed E-state index contributed by atoms with van der Waals surface area (Å²) in [7, 11) is 0. The molecule has 2 rings (SSSR count). The van der Waals surface area contributed by atoms with E-state index < -0.39 is 18.0 Å². The molecule has 1 atom stereocenters. The summed E-state index contributed by atoms with van der Waals surface area (Å²) in [6.45, 7) is 1.16. The predicted molar refractivity (Wildman–Crippen MR) is 71.8 cm³/mol. The minimum absolute atomic E-state index is 0.285. The average Bonchev–Trinajstić information content (AvgIpc) is 2.70. The summed E-state index contributed by atoms with van der Waals surface area (Å²) in [5.41, 5.74) is 7.46. The molecule has 0 saturated heterocycles. The van der Waals surface area contributed by atoms with Gasteiger partial charge in [-0.15, -0.1) is 0 Å². The second-order valence-corrected chi connectivity index (χ2v) is 4.66. The van der Waals surface area contributed by atoms with Crippen molar-refractivity contribution < 1.29 is 14.3 Å². The molecule has 0 bridgehead atoms. The topological polar surface area (TPSA) is 85.2 Å². The highest BCUT2D eigenvalue weighted by Crippen LogP contribution is 2.22. The second-order valence-electron chi connectivity index (χ2n) is 4.23. The Morgan fingerprint density at radius 2 is 2.21 bits per heavy atom. The number of ether oxygens (including phenoxy) is 1. The highest BCUT2D eigenvalue weighted by molar-refractivity contribution is 6.31. The number of esters is 2. The molecule has 0 amide bonds. The third-order valence-corrected chi connectivity index (χ3v) is 2.95. The van der Waals surface area contributed by atoms with Crippen LogP contribution in [0.25, 0.3) is 10.9 Å². The Morgan fingerprint density at radius 3 is 2.89 bits per heavy atom. The van der Waals surface area contributed by atoms with Crippen molar-refractivity contribution in [2.24, 2.45) is 5.73 Å². The number of nitrogens with one attached hydrogen (secondary N) is 1. The van der Waals surface area contributed by atoms with Crippen LogP contribution in [-0.2, 0) is 20.7 Å². The van der Waals surface area contributed by atoms with Gasteiger partial charge in [-0.3, -0.25) is 4.79 Å². The number of H-pyrrole nitrogens is 1. The number of hydrogen-bond acceptors (Lipinski definition) is 4. The lowest BCUT2D eigenvalue weighted by Crippen LogP contribution is -2.35. The van der Waals surface area contributed by atoms with Gasteiger partial charge in [-0.25, -0.2) is 4.79 Å². The lowest BCUT2D eigenvalue weighted by Gasteiger charge is -2.08. The van der Waals surface area contributed by atoms with Gasteiger partial charge >= 0.3 is 11.9 Å². The number of carbonyl (C=O) groups is 2. The van der Waals surface area contributed by atoms with Crippen LogP contribution in [0.2, 0.25) is 5.02 Å². The molecule has 6 heteroatoms. The molecule has 1 unspecified atom stereocenters. The molecule has 0 radical (unpaired) electrons. The van der Waals surface area contributed by atoms with Crippen LogP contribution in [0, 0.1) is 0 Å². The number of nitrogens with two attached hydrogens (primary N) is 1. The summed E-state index contributed by atoms with van der Waals surface area (Å²) in [4.78, 5) is 25.2. The molecule has 0 fully saturated rings. The van der Waals surface area contributed by atoms with Gasteiger partial charge in [0.05, 0.1) is 0 Å². The van der Waals surface area contributed by atoms with Crippen molar-refractivity contribution in [2.45, 2.75) is 19.4 Å². The van der Waals surface area contributed by atoms with Gasteiger partial charge in [0.15, 0.2) is 0 Å². The van der Waals surface area contributed by atoms with Crippen LogP contribution >= 0.6 is 11.6 Å². The number of aromatic amines is 1. The van der Waals surface area contributed by atoms with Crippen LogP contribution in [0.15, 0.2) is 24.4 Å². The fraction of sp³-hybridized carbons (Fsp3) is 0.231. The van der Waals surface area contributed by atoms with Gasteiger partial charge in [0, 0.05) is 35.5 Å². The van der Waals surface area contributed by atoms with Crippen molar-refractivity contribution >= 4 is 34.4 Å². The fourth-order valence-corrected chi connectivity index (χ4v) is 2.04. The monoisotopic (exact) mass is 280 g/mol. The molecular weight excluding hydrogens is 268 g/mol. The molecule has 19 heavy (non-hydrogen) atoms. The van der Waals surface area contributed by atoms with Crippen LogP contribution in [0.3, 0.4) is 0 Å². The maximum absolute atomic E-state index is 11.5. The van der Waals surface area contributed by atoms with E-state index in [-0.39, 0.29) is 6.42 Å². The number of hydrogen-bond donors (Lipinski definition) is 2. The summed E-state index contributed by atoms with van der Waals surface area (Å²) >= 11 is 5.89. The Hall–Kier alpha value is -1.85. The van der Waals surface area contributed by atoms with E-state index in [0.29, 0.717) is 5.02 Å². The van der Waals surface area contributed by atoms with E-state index in [2.05, 4.69) is 9.72 Å². The van der Waals surface area contributed by atoms with Gasteiger partial charge in [-0.05, 0) is 17.7 Å². The quantitative estimate of drug-likeness (QED) is 0.663. The van der Waals surface area contributed by atoms with Gasteiger partial charge < -0.3 is 15.5 Å². The summed E-state index contributed by atoms with van der Waals surface area (Å²) in [6.07, 6.45) is 2.05. The Morgan fingerprint density at radius 1 is 1.47 bits per heavy atom. The zero-order valence-electron chi connectivity index (χ0n) is 10.3. The normalized spacial score (nSPS) is 12.4. The highest BCUT2D eigenvalue weighted by Gasteiger charge is 2.19. The Kier molecular flexibility index (Phi) is 3.87. The molecular formula is C13H13ClN2O3. The first kappa shape index (κ1) is 13.6. The van der Waals surface area contributed by atoms with Gasteiger partial charge in [0.1, 0.15) is 6.04 Å². The molecule has 2 aromatic rings. The summed E-state index contributed by atoms with van der Waals surface area (Å²) < 4.78 is 4.46. The lowest BCUT2D eigenvalue weighted by atomic mass is 10.1. The van der Waals surface area contributed by atoms with E-state index in [1.165, 1.54) is 0 Å². The molecule has 0 aliphatic heterocycles. The van der Waals surface area contributed by atoms with Gasteiger partial charge in [0.2, 0.25) is 0 Å². The summed E-state index contributed by atoms with van der Waals surface area (Å²) in [6, 6.07) is 4.53. The second kappa shape index (κ2) is 5.42. The molecule has 5 nitrogen and oxygen atoms in total. The van der Waals surface area contributed by atoms with Crippen molar-refractivity contribution in [3.63, 3.8) is 0 Å². The average molecular weight is 281 g/mol. The molecule has 0 saturated carbocycles. The molecule has 1 aromatic carbocycles. The highest BCUT2D eigenvalue weighted by atomic mass is 35.5. The third-order valence-electron chi connectivity index (χ3n) is 2.72. The number of rotatable bonds is 3. The summed E-state index contributed by atoms with van der Waals surface area (Å²) in [5.74, 6) is -1.39. The van der Waals surface area contributed by atoms with Crippen LogP contribution in [0.4, 0.5) is 0 Å².